The smallest absolute Gasteiger partial charge is 0.239 e. The van der Waals surface area contributed by atoms with Crippen molar-refractivity contribution in [2.75, 3.05) is 11.9 Å². The third-order valence-corrected chi connectivity index (χ3v) is 5.73. The molecule has 8 nitrogen and oxygen atoms in total. The standard InChI is InChI=1S/C25H28BrFN6O2/c1-15(29)7-21(8-18(11-28)13-30-12-17-3-4-17)32-23-6-5-20(27)10-22(23)16(2)35-24-9-19(26)14-31-25(24)33-34/h5-7,9-11,13-14,16-17,28-30,32H,3-4,8,12H2,1-2H3/b18-13-,21-7-,28-11?,29-15?. The van der Waals surface area contributed by atoms with Crippen LogP contribution in [0.25, 0.3) is 0 Å². The van der Waals surface area contributed by atoms with Crippen LogP contribution in [0.3, 0.4) is 0 Å². The van der Waals surface area contributed by atoms with Gasteiger partial charge in [0.2, 0.25) is 5.82 Å². The van der Waals surface area contributed by atoms with Crippen LogP contribution in [0.2, 0.25) is 0 Å². The average Bonchev–Trinajstić information content (AvgIpc) is 3.63. The van der Waals surface area contributed by atoms with Crippen LogP contribution in [-0.2, 0) is 0 Å². The molecule has 1 heterocycles. The molecule has 0 amide bonds. The monoisotopic (exact) mass is 542 g/mol. The van der Waals surface area contributed by atoms with Crippen molar-refractivity contribution in [2.24, 2.45) is 11.1 Å². The first-order valence-corrected chi connectivity index (χ1v) is 12.0. The van der Waals surface area contributed by atoms with Gasteiger partial charge in [0.25, 0.3) is 0 Å². The Balaban J connectivity index is 1.84. The average molecular weight is 543 g/mol. The highest BCUT2D eigenvalue weighted by Gasteiger charge is 2.20. The number of halogens is 2. The molecule has 184 valence electrons. The molecule has 4 N–H and O–H groups in total. The van der Waals surface area contributed by atoms with Gasteiger partial charge in [0.15, 0.2) is 5.75 Å². The van der Waals surface area contributed by atoms with Crippen LogP contribution in [0.1, 0.15) is 44.8 Å². The topological polar surface area (TPSA) is 123 Å². The summed E-state index contributed by atoms with van der Waals surface area (Å²) in [6.07, 6.45) is 8.38. The van der Waals surface area contributed by atoms with Gasteiger partial charge in [-0.25, -0.2) is 9.37 Å². The molecule has 1 aliphatic rings. The first-order chi connectivity index (χ1) is 16.8. The summed E-state index contributed by atoms with van der Waals surface area (Å²) in [6, 6.07) is 5.85. The molecular weight excluding hydrogens is 515 g/mol. The Labute approximate surface area is 212 Å². The molecule has 1 fully saturated rings. The Morgan fingerprint density at radius 1 is 1.40 bits per heavy atom. The van der Waals surface area contributed by atoms with E-state index in [0.29, 0.717) is 39.5 Å². The SMILES string of the molecule is CC(=N)/C=C(/C/C(C=N)=C/NCC1CC1)Nc1ccc(F)cc1C(C)Oc1cc(Br)cnc1N=O. The van der Waals surface area contributed by atoms with E-state index in [2.05, 4.69) is 36.7 Å². The summed E-state index contributed by atoms with van der Waals surface area (Å²) in [5, 5.41) is 25.2. The number of nitrogens with one attached hydrogen (secondary N) is 4. The third-order valence-electron chi connectivity index (χ3n) is 5.30. The lowest BCUT2D eigenvalue weighted by Gasteiger charge is -2.21. The highest BCUT2D eigenvalue weighted by atomic mass is 79.9. The van der Waals surface area contributed by atoms with E-state index in [1.807, 2.05) is 6.20 Å². The van der Waals surface area contributed by atoms with E-state index >= 15 is 0 Å². The van der Waals surface area contributed by atoms with E-state index in [9.17, 15) is 9.30 Å². The number of aromatic nitrogens is 1. The predicted octanol–water partition coefficient (Wildman–Crippen LogP) is 6.78. The van der Waals surface area contributed by atoms with Crippen molar-refractivity contribution >= 4 is 39.4 Å². The molecule has 10 heteroatoms. The Morgan fingerprint density at radius 2 is 2.17 bits per heavy atom. The Morgan fingerprint density at radius 3 is 2.83 bits per heavy atom. The molecule has 0 radical (unpaired) electrons. The quantitative estimate of drug-likeness (QED) is 0.164. The number of allylic oxidation sites excluding steroid dienone is 2. The van der Waals surface area contributed by atoms with Gasteiger partial charge in [0, 0.05) is 58.7 Å². The number of rotatable bonds is 13. The fourth-order valence-electron chi connectivity index (χ4n) is 3.41. The lowest BCUT2D eigenvalue weighted by molar-refractivity contribution is 0.227. The lowest BCUT2D eigenvalue weighted by atomic mass is 10.1. The zero-order chi connectivity index (χ0) is 25.4. The molecule has 1 aromatic heterocycles. The molecule has 1 aromatic carbocycles. The van der Waals surface area contributed by atoms with Gasteiger partial charge in [-0.2, -0.15) is 0 Å². The minimum absolute atomic E-state index is 0.106. The molecule has 0 saturated heterocycles. The van der Waals surface area contributed by atoms with Crippen molar-refractivity contribution in [1.29, 1.82) is 10.8 Å². The molecule has 1 atom stereocenters. The third kappa shape index (κ3) is 8.10. The van der Waals surface area contributed by atoms with Crippen LogP contribution < -0.4 is 15.4 Å². The Bertz CT molecular complexity index is 1160. The lowest BCUT2D eigenvalue weighted by Crippen LogP contribution is -2.13. The van der Waals surface area contributed by atoms with Gasteiger partial charge in [-0.1, -0.05) is 0 Å². The summed E-state index contributed by atoms with van der Waals surface area (Å²) in [5.74, 6) is 0.318. The number of nitrogens with zero attached hydrogens (tertiary/aromatic N) is 2. The summed E-state index contributed by atoms with van der Waals surface area (Å²) in [6.45, 7) is 4.27. The van der Waals surface area contributed by atoms with E-state index in [1.54, 1.807) is 32.1 Å². The van der Waals surface area contributed by atoms with E-state index < -0.39 is 11.9 Å². The van der Waals surface area contributed by atoms with Gasteiger partial charge in [-0.05, 0) is 89.6 Å². The van der Waals surface area contributed by atoms with Gasteiger partial charge < -0.3 is 26.2 Å². The molecule has 3 rings (SSSR count). The number of hydrogen-bond donors (Lipinski definition) is 4. The number of anilines is 1. The molecule has 0 spiro atoms. The zero-order valence-corrected chi connectivity index (χ0v) is 21.2. The molecule has 1 aliphatic carbocycles. The first-order valence-electron chi connectivity index (χ1n) is 11.2. The largest absolute Gasteiger partial charge is 0.482 e. The number of nitroso groups, excluding NO2 is 1. The van der Waals surface area contributed by atoms with Crippen LogP contribution in [0.4, 0.5) is 15.9 Å². The molecule has 0 bridgehead atoms. The summed E-state index contributed by atoms with van der Waals surface area (Å²) >= 11 is 3.30. The van der Waals surface area contributed by atoms with Gasteiger partial charge >= 0.3 is 0 Å². The highest BCUT2D eigenvalue weighted by Crippen LogP contribution is 2.35. The van der Waals surface area contributed by atoms with Crippen molar-refractivity contribution < 1.29 is 9.13 Å². The van der Waals surface area contributed by atoms with E-state index in [0.717, 1.165) is 12.1 Å². The van der Waals surface area contributed by atoms with Crippen molar-refractivity contribution in [3.8, 4) is 5.75 Å². The van der Waals surface area contributed by atoms with Crippen molar-refractivity contribution in [2.45, 2.75) is 39.2 Å². The Hall–Kier alpha value is -3.40. The maximum atomic E-state index is 14.2. The van der Waals surface area contributed by atoms with Crippen LogP contribution in [-0.4, -0.2) is 23.5 Å². The fourth-order valence-corrected chi connectivity index (χ4v) is 3.72. The van der Waals surface area contributed by atoms with Crippen molar-refractivity contribution in [1.82, 2.24) is 10.3 Å². The number of ether oxygens (including phenoxy) is 1. The minimum Gasteiger partial charge on any atom is -0.482 e. The summed E-state index contributed by atoms with van der Waals surface area (Å²) < 4.78 is 20.8. The van der Waals surface area contributed by atoms with Crippen molar-refractivity contribution in [3.63, 3.8) is 0 Å². The second-order valence-corrected chi connectivity index (χ2v) is 9.34. The molecule has 0 aliphatic heterocycles. The van der Waals surface area contributed by atoms with E-state index in [1.165, 1.54) is 37.4 Å². The molecule has 1 saturated carbocycles. The zero-order valence-electron chi connectivity index (χ0n) is 19.6. The van der Waals surface area contributed by atoms with Gasteiger partial charge in [-0.15, -0.1) is 4.91 Å². The first kappa shape index (κ1) is 26.2. The second kappa shape index (κ2) is 12.3. The maximum absolute atomic E-state index is 14.2. The summed E-state index contributed by atoms with van der Waals surface area (Å²) in [7, 11) is 0. The molecular formula is C25H28BrFN6O2. The van der Waals surface area contributed by atoms with Gasteiger partial charge in [-0.3, -0.25) is 0 Å². The van der Waals surface area contributed by atoms with Gasteiger partial charge in [0.1, 0.15) is 11.9 Å². The summed E-state index contributed by atoms with van der Waals surface area (Å²) in [5.41, 5.74) is 2.81. The van der Waals surface area contributed by atoms with Crippen LogP contribution in [0, 0.1) is 27.5 Å². The maximum Gasteiger partial charge on any atom is 0.239 e. The second-order valence-electron chi connectivity index (χ2n) is 8.43. The van der Waals surface area contributed by atoms with E-state index in [4.69, 9.17) is 15.6 Å². The number of benzene rings is 1. The number of hydrogen-bond acceptors (Lipinski definition) is 8. The number of pyridine rings is 1. The van der Waals surface area contributed by atoms with Gasteiger partial charge in [0.05, 0.1) is 0 Å². The predicted molar refractivity (Wildman–Crippen MR) is 140 cm³/mol. The minimum atomic E-state index is -0.662. The fraction of sp³-hybridized carbons (Fsp3) is 0.320. The molecule has 1 unspecified atom stereocenters. The normalized spacial score (nSPS) is 14.7. The van der Waals surface area contributed by atoms with Crippen LogP contribution in [0.5, 0.6) is 5.75 Å². The summed E-state index contributed by atoms with van der Waals surface area (Å²) in [4.78, 5) is 15.1. The Kier molecular flexibility index (Phi) is 9.25. The van der Waals surface area contributed by atoms with Crippen LogP contribution in [0.15, 0.2) is 63.7 Å². The molecule has 2 aromatic rings. The highest BCUT2D eigenvalue weighted by molar-refractivity contribution is 9.10. The molecule has 35 heavy (non-hydrogen) atoms. The van der Waals surface area contributed by atoms with Crippen molar-refractivity contribution in [3.05, 3.63) is 74.8 Å². The van der Waals surface area contributed by atoms with E-state index in [-0.39, 0.29) is 11.6 Å². The van der Waals surface area contributed by atoms with Crippen LogP contribution >= 0.6 is 15.9 Å².